The van der Waals surface area contributed by atoms with E-state index in [1.807, 2.05) is 24.3 Å². The van der Waals surface area contributed by atoms with E-state index in [1.54, 1.807) is 0 Å². The summed E-state index contributed by atoms with van der Waals surface area (Å²) in [4.78, 5) is 0. The Bertz CT molecular complexity index is 599. The van der Waals surface area contributed by atoms with Crippen molar-refractivity contribution in [3.63, 3.8) is 0 Å². The third-order valence-electron chi connectivity index (χ3n) is 3.07. The summed E-state index contributed by atoms with van der Waals surface area (Å²) in [5.74, 6) is -0.472. The number of nitrogens with one attached hydrogen (secondary N) is 1. The Morgan fingerprint density at radius 1 is 1.05 bits per heavy atom. The number of ether oxygens (including phenoxy) is 1. The van der Waals surface area contributed by atoms with Crippen LogP contribution in [0.3, 0.4) is 0 Å². The van der Waals surface area contributed by atoms with Crippen LogP contribution in [0.15, 0.2) is 42.5 Å². The van der Waals surface area contributed by atoms with E-state index < -0.39 is 11.6 Å². The topological polar surface area (TPSA) is 21.3 Å². The van der Waals surface area contributed by atoms with Crippen molar-refractivity contribution >= 4 is 0 Å². The van der Waals surface area contributed by atoms with Crippen molar-refractivity contribution in [1.29, 1.82) is 0 Å². The van der Waals surface area contributed by atoms with E-state index in [2.05, 4.69) is 19.2 Å². The SMILES string of the molecule is CC(C)NCc1ccccc1OCc1ccc(F)cc1F. The van der Waals surface area contributed by atoms with Gasteiger partial charge < -0.3 is 10.1 Å². The molecule has 2 rings (SSSR count). The van der Waals surface area contributed by atoms with Crippen LogP contribution in [-0.2, 0) is 13.2 Å². The molecule has 2 nitrogen and oxygen atoms in total. The molecule has 0 heterocycles. The fraction of sp³-hybridized carbons (Fsp3) is 0.294. The van der Waals surface area contributed by atoms with Crippen LogP contribution >= 0.6 is 0 Å². The lowest BCUT2D eigenvalue weighted by molar-refractivity contribution is 0.295. The van der Waals surface area contributed by atoms with Crippen LogP contribution in [0.25, 0.3) is 0 Å². The van der Waals surface area contributed by atoms with Gasteiger partial charge in [-0.3, -0.25) is 0 Å². The monoisotopic (exact) mass is 291 g/mol. The molecule has 0 aliphatic rings. The van der Waals surface area contributed by atoms with Gasteiger partial charge in [-0.05, 0) is 18.2 Å². The van der Waals surface area contributed by atoms with Gasteiger partial charge in [-0.2, -0.15) is 0 Å². The second-order valence-electron chi connectivity index (χ2n) is 5.17. The largest absolute Gasteiger partial charge is 0.488 e. The standard InChI is InChI=1S/C17H19F2NO/c1-12(2)20-10-13-5-3-4-6-17(13)21-11-14-7-8-15(18)9-16(14)19/h3-9,12,20H,10-11H2,1-2H3. The van der Waals surface area contributed by atoms with Crippen LogP contribution in [0, 0.1) is 11.6 Å². The van der Waals surface area contributed by atoms with Crippen LogP contribution in [0.5, 0.6) is 5.75 Å². The average Bonchev–Trinajstić information content (AvgIpc) is 2.45. The Labute approximate surface area is 123 Å². The van der Waals surface area contributed by atoms with Crippen molar-refractivity contribution in [2.75, 3.05) is 0 Å². The Morgan fingerprint density at radius 2 is 1.81 bits per heavy atom. The molecule has 0 saturated heterocycles. The molecule has 4 heteroatoms. The van der Waals surface area contributed by atoms with E-state index in [9.17, 15) is 8.78 Å². The number of para-hydroxylation sites is 1. The quantitative estimate of drug-likeness (QED) is 0.867. The van der Waals surface area contributed by atoms with E-state index in [0.29, 0.717) is 23.9 Å². The summed E-state index contributed by atoms with van der Waals surface area (Å²) in [6.07, 6.45) is 0. The van der Waals surface area contributed by atoms with Gasteiger partial charge in [0.05, 0.1) is 0 Å². The summed E-state index contributed by atoms with van der Waals surface area (Å²) in [6.45, 7) is 4.89. The molecule has 0 aromatic heterocycles. The predicted octanol–water partition coefficient (Wildman–Crippen LogP) is 4.04. The molecule has 21 heavy (non-hydrogen) atoms. The number of halogens is 2. The summed E-state index contributed by atoms with van der Waals surface area (Å²) >= 11 is 0. The first-order valence-corrected chi connectivity index (χ1v) is 6.94. The fourth-order valence-corrected chi connectivity index (χ4v) is 1.90. The van der Waals surface area contributed by atoms with Crippen LogP contribution in [0.2, 0.25) is 0 Å². The third-order valence-corrected chi connectivity index (χ3v) is 3.07. The molecular formula is C17H19F2NO. The van der Waals surface area contributed by atoms with E-state index >= 15 is 0 Å². The first kappa shape index (κ1) is 15.4. The van der Waals surface area contributed by atoms with Gasteiger partial charge in [0, 0.05) is 29.8 Å². The molecule has 2 aromatic rings. The van der Waals surface area contributed by atoms with Crippen LogP contribution in [0.1, 0.15) is 25.0 Å². The summed E-state index contributed by atoms with van der Waals surface area (Å²) in [6, 6.07) is 11.5. The molecule has 0 aliphatic heterocycles. The van der Waals surface area contributed by atoms with Gasteiger partial charge in [-0.15, -0.1) is 0 Å². The van der Waals surface area contributed by atoms with Crippen molar-refractivity contribution in [3.8, 4) is 5.75 Å². The zero-order chi connectivity index (χ0) is 15.2. The molecule has 0 aliphatic carbocycles. The highest BCUT2D eigenvalue weighted by atomic mass is 19.1. The van der Waals surface area contributed by atoms with Gasteiger partial charge in [-0.25, -0.2) is 8.78 Å². The molecule has 0 fully saturated rings. The second-order valence-corrected chi connectivity index (χ2v) is 5.17. The van der Waals surface area contributed by atoms with Crippen molar-refractivity contribution in [2.45, 2.75) is 33.0 Å². The second kappa shape index (κ2) is 7.18. The Hall–Kier alpha value is -1.94. The Balaban J connectivity index is 2.05. The van der Waals surface area contributed by atoms with Gasteiger partial charge >= 0.3 is 0 Å². The zero-order valence-corrected chi connectivity index (χ0v) is 12.2. The Morgan fingerprint density at radius 3 is 2.52 bits per heavy atom. The number of rotatable bonds is 6. The van der Waals surface area contributed by atoms with Crippen molar-refractivity contribution in [2.24, 2.45) is 0 Å². The first-order chi connectivity index (χ1) is 10.1. The number of hydrogen-bond donors (Lipinski definition) is 1. The summed E-state index contributed by atoms with van der Waals surface area (Å²) in [7, 11) is 0. The maximum absolute atomic E-state index is 13.6. The molecule has 112 valence electrons. The minimum Gasteiger partial charge on any atom is -0.488 e. The van der Waals surface area contributed by atoms with E-state index in [-0.39, 0.29) is 6.61 Å². The highest BCUT2D eigenvalue weighted by Crippen LogP contribution is 2.20. The predicted molar refractivity (Wildman–Crippen MR) is 79.1 cm³/mol. The van der Waals surface area contributed by atoms with E-state index in [1.165, 1.54) is 12.1 Å². The average molecular weight is 291 g/mol. The maximum atomic E-state index is 13.6. The Kier molecular flexibility index (Phi) is 5.28. The highest BCUT2D eigenvalue weighted by molar-refractivity contribution is 5.33. The molecule has 1 N–H and O–H groups in total. The molecule has 0 unspecified atom stereocenters. The lowest BCUT2D eigenvalue weighted by Crippen LogP contribution is -2.22. The zero-order valence-electron chi connectivity index (χ0n) is 12.2. The van der Waals surface area contributed by atoms with Gasteiger partial charge in [-0.1, -0.05) is 32.0 Å². The molecule has 0 spiro atoms. The van der Waals surface area contributed by atoms with Crippen LogP contribution in [0.4, 0.5) is 8.78 Å². The van der Waals surface area contributed by atoms with Crippen molar-refractivity contribution in [3.05, 3.63) is 65.2 Å². The molecule has 0 atom stereocenters. The number of hydrogen-bond acceptors (Lipinski definition) is 2. The molecule has 0 radical (unpaired) electrons. The molecular weight excluding hydrogens is 272 g/mol. The fourth-order valence-electron chi connectivity index (χ4n) is 1.90. The number of benzene rings is 2. The maximum Gasteiger partial charge on any atom is 0.132 e. The van der Waals surface area contributed by atoms with Gasteiger partial charge in [0.25, 0.3) is 0 Å². The lowest BCUT2D eigenvalue weighted by atomic mass is 10.2. The normalized spacial score (nSPS) is 10.9. The lowest BCUT2D eigenvalue weighted by Gasteiger charge is -2.14. The summed E-state index contributed by atoms with van der Waals surface area (Å²) in [5.41, 5.74) is 1.34. The minimum atomic E-state index is -0.590. The van der Waals surface area contributed by atoms with Gasteiger partial charge in [0.2, 0.25) is 0 Å². The van der Waals surface area contributed by atoms with Crippen LogP contribution in [-0.4, -0.2) is 6.04 Å². The van der Waals surface area contributed by atoms with Crippen molar-refractivity contribution in [1.82, 2.24) is 5.32 Å². The van der Waals surface area contributed by atoms with E-state index in [4.69, 9.17) is 4.74 Å². The van der Waals surface area contributed by atoms with Crippen LogP contribution < -0.4 is 10.1 Å². The minimum absolute atomic E-state index is 0.0742. The van der Waals surface area contributed by atoms with Gasteiger partial charge in [0.1, 0.15) is 24.0 Å². The molecule has 0 amide bonds. The van der Waals surface area contributed by atoms with Crippen molar-refractivity contribution < 1.29 is 13.5 Å². The summed E-state index contributed by atoms with van der Waals surface area (Å²) in [5, 5.41) is 3.32. The first-order valence-electron chi connectivity index (χ1n) is 6.94. The smallest absolute Gasteiger partial charge is 0.132 e. The van der Waals surface area contributed by atoms with E-state index in [0.717, 1.165) is 11.6 Å². The molecule has 0 bridgehead atoms. The summed E-state index contributed by atoms with van der Waals surface area (Å²) < 4.78 is 32.1. The molecule has 0 saturated carbocycles. The molecule has 2 aromatic carbocycles. The third kappa shape index (κ3) is 4.53. The van der Waals surface area contributed by atoms with Gasteiger partial charge in [0.15, 0.2) is 0 Å². The highest BCUT2D eigenvalue weighted by Gasteiger charge is 2.07.